The van der Waals surface area contributed by atoms with Gasteiger partial charge in [0.1, 0.15) is 5.82 Å². The molecule has 2 amide bonds. The number of hydrogen-bond acceptors (Lipinski definition) is 8. The van der Waals surface area contributed by atoms with Crippen LogP contribution in [0.4, 0.5) is 26.2 Å². The molecule has 1 aromatic heterocycles. The van der Waals surface area contributed by atoms with Crippen LogP contribution in [0.1, 0.15) is 41.7 Å². The summed E-state index contributed by atoms with van der Waals surface area (Å²) in [5.74, 6) is -1.91. The molecule has 1 saturated heterocycles. The number of anilines is 3. The van der Waals surface area contributed by atoms with Crippen molar-refractivity contribution in [2.75, 3.05) is 36.2 Å². The van der Waals surface area contributed by atoms with Crippen molar-refractivity contribution in [1.29, 1.82) is 0 Å². The van der Waals surface area contributed by atoms with Gasteiger partial charge in [0, 0.05) is 32.3 Å². The standard InChI is InChI=1S/C26H29FN6O6/c1-32(2)22-12-21(30-26(36)37)20(11-19(22)27)29-24(35)13-23(34)16-6-5-7-17(10-16)33-18(14-28-31-33)15-39-25-8-3-4-9-38-25/h5-7,10-12,14,25,30H,3-4,8-9,13,15H2,1-2H3,(H,29,35)(H,36,37). The van der Waals surface area contributed by atoms with Crippen molar-refractivity contribution in [3.8, 4) is 5.69 Å². The molecule has 39 heavy (non-hydrogen) atoms. The van der Waals surface area contributed by atoms with Crippen molar-refractivity contribution >= 4 is 34.8 Å². The minimum absolute atomic E-state index is 0.0325. The smallest absolute Gasteiger partial charge is 0.409 e. The Hall–Kier alpha value is -4.36. The molecule has 13 heteroatoms. The molecule has 0 aliphatic carbocycles. The van der Waals surface area contributed by atoms with E-state index in [0.29, 0.717) is 18.0 Å². The van der Waals surface area contributed by atoms with Gasteiger partial charge in [0.25, 0.3) is 0 Å². The van der Waals surface area contributed by atoms with E-state index in [2.05, 4.69) is 20.9 Å². The Kier molecular flexibility index (Phi) is 8.84. The van der Waals surface area contributed by atoms with Crippen molar-refractivity contribution in [3.05, 3.63) is 59.7 Å². The Labute approximate surface area is 223 Å². The van der Waals surface area contributed by atoms with Crippen molar-refractivity contribution in [2.45, 2.75) is 38.6 Å². The van der Waals surface area contributed by atoms with Crippen molar-refractivity contribution in [2.24, 2.45) is 0 Å². The van der Waals surface area contributed by atoms with Gasteiger partial charge in [-0.15, -0.1) is 5.10 Å². The Morgan fingerprint density at radius 2 is 1.97 bits per heavy atom. The number of aromatic nitrogens is 3. The molecule has 1 unspecified atom stereocenters. The summed E-state index contributed by atoms with van der Waals surface area (Å²) >= 11 is 0. The highest BCUT2D eigenvalue weighted by molar-refractivity contribution is 6.12. The average molecular weight is 541 g/mol. The van der Waals surface area contributed by atoms with Crippen LogP contribution in [-0.4, -0.2) is 64.9 Å². The minimum atomic E-state index is -1.39. The summed E-state index contributed by atoms with van der Waals surface area (Å²) < 4.78 is 27.5. The number of ketones is 1. The lowest BCUT2D eigenvalue weighted by molar-refractivity contribution is -0.169. The van der Waals surface area contributed by atoms with Crippen molar-refractivity contribution < 1.29 is 33.4 Å². The number of carbonyl (C=O) groups is 3. The number of carboxylic acid groups (broad SMARTS) is 1. The van der Waals surface area contributed by atoms with Crippen LogP contribution in [-0.2, 0) is 20.9 Å². The van der Waals surface area contributed by atoms with E-state index in [1.54, 1.807) is 49.2 Å². The van der Waals surface area contributed by atoms with Gasteiger partial charge in [0.05, 0.1) is 47.7 Å². The number of carbonyl (C=O) groups excluding carboxylic acids is 2. The van der Waals surface area contributed by atoms with Crippen LogP contribution < -0.4 is 15.5 Å². The van der Waals surface area contributed by atoms with E-state index in [0.717, 1.165) is 25.3 Å². The quantitative estimate of drug-likeness (QED) is 0.258. The van der Waals surface area contributed by atoms with Crippen LogP contribution in [0.15, 0.2) is 42.6 Å². The lowest BCUT2D eigenvalue weighted by Gasteiger charge is -2.22. The molecule has 12 nitrogen and oxygen atoms in total. The topological polar surface area (TPSA) is 148 Å². The maximum atomic E-state index is 14.5. The summed E-state index contributed by atoms with van der Waals surface area (Å²) in [5.41, 5.74) is 1.44. The fourth-order valence-corrected chi connectivity index (χ4v) is 4.07. The molecule has 1 fully saturated rings. The zero-order chi connectivity index (χ0) is 27.9. The van der Waals surface area contributed by atoms with Gasteiger partial charge in [-0.3, -0.25) is 14.9 Å². The van der Waals surface area contributed by atoms with Gasteiger partial charge < -0.3 is 24.8 Å². The summed E-state index contributed by atoms with van der Waals surface area (Å²) in [4.78, 5) is 38.2. The van der Waals surface area contributed by atoms with Gasteiger partial charge in [-0.25, -0.2) is 13.9 Å². The summed E-state index contributed by atoms with van der Waals surface area (Å²) in [6.45, 7) is 0.877. The van der Waals surface area contributed by atoms with Crippen LogP contribution >= 0.6 is 0 Å². The van der Waals surface area contributed by atoms with Crippen LogP contribution in [0.2, 0.25) is 0 Å². The third kappa shape index (κ3) is 7.15. The predicted octanol–water partition coefficient (Wildman–Crippen LogP) is 3.82. The van der Waals surface area contributed by atoms with E-state index in [1.165, 1.54) is 11.0 Å². The molecule has 3 N–H and O–H groups in total. The van der Waals surface area contributed by atoms with E-state index in [1.807, 2.05) is 0 Å². The molecule has 0 spiro atoms. The highest BCUT2D eigenvalue weighted by Gasteiger charge is 2.19. The van der Waals surface area contributed by atoms with Crippen LogP contribution in [0.25, 0.3) is 5.69 Å². The summed E-state index contributed by atoms with van der Waals surface area (Å²) in [5, 5.41) is 21.7. The third-order valence-electron chi connectivity index (χ3n) is 5.99. The van der Waals surface area contributed by atoms with Crippen LogP contribution in [0.5, 0.6) is 0 Å². The second-order valence-corrected chi connectivity index (χ2v) is 9.12. The third-order valence-corrected chi connectivity index (χ3v) is 5.99. The van der Waals surface area contributed by atoms with Gasteiger partial charge in [0.2, 0.25) is 5.91 Å². The number of benzene rings is 2. The lowest BCUT2D eigenvalue weighted by atomic mass is 10.1. The fourth-order valence-electron chi connectivity index (χ4n) is 4.07. The van der Waals surface area contributed by atoms with Crippen molar-refractivity contribution in [3.63, 3.8) is 0 Å². The molecule has 0 radical (unpaired) electrons. The first kappa shape index (κ1) is 27.7. The fraction of sp³-hybridized carbons (Fsp3) is 0.346. The second kappa shape index (κ2) is 12.5. The summed E-state index contributed by atoms with van der Waals surface area (Å²) in [6, 6.07) is 8.78. The molecular weight excluding hydrogens is 511 g/mol. The van der Waals surface area contributed by atoms with Gasteiger partial charge in [-0.05, 0) is 37.5 Å². The zero-order valence-electron chi connectivity index (χ0n) is 21.5. The van der Waals surface area contributed by atoms with Gasteiger partial charge in [-0.1, -0.05) is 17.3 Å². The van der Waals surface area contributed by atoms with Gasteiger partial charge in [0.15, 0.2) is 12.1 Å². The highest BCUT2D eigenvalue weighted by atomic mass is 19.1. The largest absolute Gasteiger partial charge is 0.465 e. The summed E-state index contributed by atoms with van der Waals surface area (Å²) in [6.07, 6.45) is 2.19. The van der Waals surface area contributed by atoms with Crippen molar-refractivity contribution in [1.82, 2.24) is 15.0 Å². The SMILES string of the molecule is CN(C)c1cc(NC(=O)O)c(NC(=O)CC(=O)c2cccc(-n3nncc3COC3CCCCO3)c2)cc1F. The Balaban J connectivity index is 1.44. The molecule has 3 aromatic rings. The molecule has 0 saturated carbocycles. The van der Waals surface area contributed by atoms with E-state index in [-0.39, 0.29) is 35.5 Å². The molecule has 206 valence electrons. The Morgan fingerprint density at radius 3 is 2.69 bits per heavy atom. The van der Waals surface area contributed by atoms with E-state index in [4.69, 9.17) is 14.6 Å². The molecule has 2 heterocycles. The number of hydrogen-bond donors (Lipinski definition) is 3. The highest BCUT2D eigenvalue weighted by Crippen LogP contribution is 2.30. The maximum Gasteiger partial charge on any atom is 0.409 e. The molecule has 2 aromatic carbocycles. The first-order valence-electron chi connectivity index (χ1n) is 12.3. The molecule has 1 atom stereocenters. The average Bonchev–Trinajstić information content (AvgIpc) is 3.38. The van der Waals surface area contributed by atoms with Crippen LogP contribution in [0.3, 0.4) is 0 Å². The predicted molar refractivity (Wildman–Crippen MR) is 140 cm³/mol. The number of halogens is 1. The molecule has 0 bridgehead atoms. The van der Waals surface area contributed by atoms with Crippen LogP contribution in [0, 0.1) is 5.82 Å². The van der Waals surface area contributed by atoms with E-state index in [9.17, 15) is 18.8 Å². The normalized spacial score (nSPS) is 15.0. The Morgan fingerprint density at radius 1 is 1.18 bits per heavy atom. The number of amides is 2. The number of nitrogens with zero attached hydrogens (tertiary/aromatic N) is 4. The van der Waals surface area contributed by atoms with Gasteiger partial charge in [-0.2, -0.15) is 0 Å². The van der Waals surface area contributed by atoms with E-state index >= 15 is 0 Å². The zero-order valence-corrected chi connectivity index (χ0v) is 21.5. The maximum absolute atomic E-state index is 14.5. The molecule has 1 aliphatic rings. The molecule has 4 rings (SSSR count). The number of rotatable bonds is 10. The summed E-state index contributed by atoms with van der Waals surface area (Å²) in [7, 11) is 3.18. The lowest BCUT2D eigenvalue weighted by Crippen LogP contribution is -2.22. The van der Waals surface area contributed by atoms with E-state index < -0.39 is 30.0 Å². The second-order valence-electron chi connectivity index (χ2n) is 9.12. The first-order valence-corrected chi connectivity index (χ1v) is 12.3. The Bertz CT molecular complexity index is 1350. The number of Topliss-reactive ketones (excluding diaryl/α,β-unsaturated/α-hetero) is 1. The monoisotopic (exact) mass is 540 g/mol. The number of nitrogens with one attached hydrogen (secondary N) is 2. The minimum Gasteiger partial charge on any atom is -0.465 e. The first-order chi connectivity index (χ1) is 18.7. The molecular formula is C26H29FN6O6. The number of ether oxygens (including phenoxy) is 2. The molecule has 1 aliphatic heterocycles. The van der Waals surface area contributed by atoms with Gasteiger partial charge >= 0.3 is 6.09 Å².